The molecule has 1 heterocycles. The molecule has 3 rings (SSSR count). The van der Waals surface area contributed by atoms with E-state index in [1.54, 1.807) is 0 Å². The molecule has 1 saturated heterocycles. The molecular weight excluding hydrogens is 248 g/mol. The lowest BCUT2D eigenvalue weighted by molar-refractivity contribution is 0.175. The molecule has 1 aliphatic carbocycles. The fourth-order valence-corrected chi connectivity index (χ4v) is 2.98. The average molecular weight is 274 g/mol. The van der Waals surface area contributed by atoms with Crippen LogP contribution in [0.4, 0.5) is 0 Å². The number of hydrogen-bond acceptors (Lipinski definition) is 3. The Morgan fingerprint density at radius 3 is 2.25 bits per heavy atom. The number of hydrogen-bond donors (Lipinski definition) is 2. The molecule has 0 aromatic heterocycles. The minimum atomic E-state index is 0.139. The Labute approximate surface area is 122 Å². The molecule has 0 atom stereocenters. The fourth-order valence-electron chi connectivity index (χ4n) is 2.98. The molecule has 1 aromatic carbocycles. The van der Waals surface area contributed by atoms with Crippen LogP contribution >= 0.6 is 0 Å². The summed E-state index contributed by atoms with van der Waals surface area (Å²) >= 11 is 0. The smallest absolute Gasteiger partial charge is 0.0681 e. The number of benzene rings is 1. The van der Waals surface area contributed by atoms with Crippen LogP contribution in [0.1, 0.15) is 36.8 Å². The highest BCUT2D eigenvalue weighted by atomic mass is 16.3. The van der Waals surface area contributed by atoms with Crippen LogP contribution in [-0.4, -0.2) is 35.7 Å². The second-order valence-corrected chi connectivity index (χ2v) is 6.38. The van der Waals surface area contributed by atoms with Crippen LogP contribution in [0.5, 0.6) is 0 Å². The molecule has 2 fully saturated rings. The van der Waals surface area contributed by atoms with Gasteiger partial charge < -0.3 is 10.4 Å². The highest BCUT2D eigenvalue weighted by Gasteiger charge is 2.24. The molecule has 2 aliphatic rings. The first-order valence-corrected chi connectivity index (χ1v) is 7.98. The van der Waals surface area contributed by atoms with E-state index in [0.29, 0.717) is 0 Å². The van der Waals surface area contributed by atoms with Gasteiger partial charge in [0.05, 0.1) is 6.61 Å². The first kappa shape index (κ1) is 14.1. The molecule has 110 valence electrons. The maximum Gasteiger partial charge on any atom is 0.0681 e. The Morgan fingerprint density at radius 1 is 1.00 bits per heavy atom. The summed E-state index contributed by atoms with van der Waals surface area (Å²) in [6.07, 6.45) is 5.44. The van der Waals surface area contributed by atoms with E-state index in [4.69, 9.17) is 5.11 Å². The Morgan fingerprint density at radius 2 is 1.65 bits per heavy atom. The molecule has 0 unspecified atom stereocenters. The lowest BCUT2D eigenvalue weighted by Crippen LogP contribution is -2.37. The second kappa shape index (κ2) is 6.70. The molecular formula is C17H26N2O. The van der Waals surface area contributed by atoms with E-state index in [0.717, 1.165) is 24.1 Å². The van der Waals surface area contributed by atoms with Crippen LogP contribution in [-0.2, 0) is 13.2 Å². The summed E-state index contributed by atoms with van der Waals surface area (Å²) in [6, 6.07) is 9.19. The Hall–Kier alpha value is -0.900. The number of nitrogens with one attached hydrogen (secondary N) is 1. The lowest BCUT2D eigenvalue weighted by Gasteiger charge is -2.32. The largest absolute Gasteiger partial charge is 0.392 e. The lowest BCUT2D eigenvalue weighted by atomic mass is 9.96. The van der Waals surface area contributed by atoms with Crippen molar-refractivity contribution in [2.45, 2.75) is 44.9 Å². The molecule has 1 aromatic rings. The molecule has 0 amide bonds. The number of nitrogens with zero attached hydrogens (tertiary/aromatic N) is 1. The molecule has 0 spiro atoms. The van der Waals surface area contributed by atoms with E-state index in [-0.39, 0.29) is 6.61 Å². The number of aliphatic hydroxyl groups is 1. The van der Waals surface area contributed by atoms with E-state index < -0.39 is 0 Å². The SMILES string of the molecule is OCc1ccc(CN2CCC(CNC3CC3)CC2)cc1. The van der Waals surface area contributed by atoms with Gasteiger partial charge in [-0.3, -0.25) is 4.90 Å². The zero-order valence-corrected chi connectivity index (χ0v) is 12.2. The van der Waals surface area contributed by atoms with Gasteiger partial charge in [-0.05, 0) is 62.4 Å². The van der Waals surface area contributed by atoms with Crippen LogP contribution in [0, 0.1) is 5.92 Å². The van der Waals surface area contributed by atoms with Crippen molar-refractivity contribution in [3.05, 3.63) is 35.4 Å². The summed E-state index contributed by atoms with van der Waals surface area (Å²) in [6.45, 7) is 4.86. The third kappa shape index (κ3) is 4.05. The van der Waals surface area contributed by atoms with Crippen molar-refractivity contribution in [3.63, 3.8) is 0 Å². The molecule has 20 heavy (non-hydrogen) atoms. The number of rotatable bonds is 6. The van der Waals surface area contributed by atoms with Gasteiger partial charge >= 0.3 is 0 Å². The Balaban J connectivity index is 1.40. The number of aliphatic hydroxyl groups excluding tert-OH is 1. The maximum atomic E-state index is 9.06. The minimum Gasteiger partial charge on any atom is -0.392 e. The zero-order chi connectivity index (χ0) is 13.8. The van der Waals surface area contributed by atoms with Crippen LogP contribution in [0.25, 0.3) is 0 Å². The van der Waals surface area contributed by atoms with Crippen molar-refractivity contribution >= 4 is 0 Å². The summed E-state index contributed by atoms with van der Waals surface area (Å²) in [7, 11) is 0. The van der Waals surface area contributed by atoms with Gasteiger partial charge in [-0.1, -0.05) is 24.3 Å². The van der Waals surface area contributed by atoms with Gasteiger partial charge in [-0.25, -0.2) is 0 Å². The van der Waals surface area contributed by atoms with Crippen molar-refractivity contribution < 1.29 is 5.11 Å². The fraction of sp³-hybridized carbons (Fsp3) is 0.647. The van der Waals surface area contributed by atoms with Gasteiger partial charge in [-0.15, -0.1) is 0 Å². The van der Waals surface area contributed by atoms with E-state index in [1.165, 1.54) is 50.9 Å². The average Bonchev–Trinajstić information content (AvgIpc) is 3.32. The van der Waals surface area contributed by atoms with Gasteiger partial charge in [-0.2, -0.15) is 0 Å². The Kier molecular flexibility index (Phi) is 4.71. The normalized spacial score (nSPS) is 21.2. The molecule has 3 heteroatoms. The first-order valence-electron chi connectivity index (χ1n) is 7.98. The number of likely N-dealkylation sites (tertiary alicyclic amines) is 1. The summed E-state index contributed by atoms with van der Waals surface area (Å²) in [5.41, 5.74) is 2.36. The van der Waals surface area contributed by atoms with Gasteiger partial charge in [0.1, 0.15) is 0 Å². The van der Waals surface area contributed by atoms with Crippen LogP contribution in [0.2, 0.25) is 0 Å². The van der Waals surface area contributed by atoms with E-state index in [1.807, 2.05) is 12.1 Å². The minimum absolute atomic E-state index is 0.139. The quantitative estimate of drug-likeness (QED) is 0.834. The molecule has 1 saturated carbocycles. The molecule has 1 aliphatic heterocycles. The first-order chi connectivity index (χ1) is 9.83. The van der Waals surface area contributed by atoms with E-state index in [2.05, 4.69) is 22.3 Å². The maximum absolute atomic E-state index is 9.06. The van der Waals surface area contributed by atoms with Crippen molar-refractivity contribution in [2.24, 2.45) is 5.92 Å². The molecule has 0 bridgehead atoms. The van der Waals surface area contributed by atoms with Crippen molar-refractivity contribution in [2.75, 3.05) is 19.6 Å². The highest BCUT2D eigenvalue weighted by molar-refractivity contribution is 5.21. The molecule has 0 radical (unpaired) electrons. The van der Waals surface area contributed by atoms with Crippen LogP contribution < -0.4 is 5.32 Å². The number of piperidine rings is 1. The predicted molar refractivity (Wildman–Crippen MR) is 81.4 cm³/mol. The zero-order valence-electron chi connectivity index (χ0n) is 12.2. The van der Waals surface area contributed by atoms with E-state index >= 15 is 0 Å². The Bertz CT molecular complexity index is 406. The van der Waals surface area contributed by atoms with Gasteiger partial charge in [0.25, 0.3) is 0 Å². The summed E-state index contributed by atoms with van der Waals surface area (Å²) in [5.74, 6) is 0.878. The van der Waals surface area contributed by atoms with E-state index in [9.17, 15) is 0 Å². The molecule has 2 N–H and O–H groups in total. The van der Waals surface area contributed by atoms with Gasteiger partial charge in [0, 0.05) is 12.6 Å². The van der Waals surface area contributed by atoms with Crippen molar-refractivity contribution in [1.29, 1.82) is 0 Å². The van der Waals surface area contributed by atoms with Crippen molar-refractivity contribution in [1.82, 2.24) is 10.2 Å². The molecule has 3 nitrogen and oxygen atoms in total. The summed E-state index contributed by atoms with van der Waals surface area (Å²) in [5, 5.41) is 12.7. The van der Waals surface area contributed by atoms with Crippen molar-refractivity contribution in [3.8, 4) is 0 Å². The van der Waals surface area contributed by atoms with Crippen LogP contribution in [0.3, 0.4) is 0 Å². The standard InChI is InChI=1S/C17H26N2O/c20-13-16-3-1-15(2-4-16)12-19-9-7-14(8-10-19)11-18-17-5-6-17/h1-4,14,17-18,20H,5-13H2. The topological polar surface area (TPSA) is 35.5 Å². The monoisotopic (exact) mass is 274 g/mol. The second-order valence-electron chi connectivity index (χ2n) is 6.38. The van der Waals surface area contributed by atoms with Crippen LogP contribution in [0.15, 0.2) is 24.3 Å². The predicted octanol–water partition coefficient (Wildman–Crippen LogP) is 2.14. The summed E-state index contributed by atoms with van der Waals surface area (Å²) in [4.78, 5) is 2.56. The third-order valence-corrected chi connectivity index (χ3v) is 4.59. The van der Waals surface area contributed by atoms with Gasteiger partial charge in [0.2, 0.25) is 0 Å². The van der Waals surface area contributed by atoms with Gasteiger partial charge in [0.15, 0.2) is 0 Å². The third-order valence-electron chi connectivity index (χ3n) is 4.59. The highest BCUT2D eigenvalue weighted by Crippen LogP contribution is 2.22. The summed E-state index contributed by atoms with van der Waals surface area (Å²) < 4.78 is 0.